The Labute approximate surface area is 164 Å². The molecule has 0 saturated heterocycles. The third kappa shape index (κ3) is 5.36. The van der Waals surface area contributed by atoms with Crippen LogP contribution in [-0.2, 0) is 13.0 Å². The van der Waals surface area contributed by atoms with E-state index in [-0.39, 0.29) is 29.4 Å². The molecule has 0 spiro atoms. The van der Waals surface area contributed by atoms with Crippen LogP contribution < -0.4 is 15.6 Å². The zero-order chi connectivity index (χ0) is 19.9. The molecule has 0 atom stereocenters. The van der Waals surface area contributed by atoms with Crippen molar-refractivity contribution >= 4 is 5.95 Å². The second-order valence-electron chi connectivity index (χ2n) is 7.08. The molecule has 6 nitrogen and oxygen atoms in total. The Kier molecular flexibility index (Phi) is 6.32. The van der Waals surface area contributed by atoms with Gasteiger partial charge in [0, 0.05) is 13.0 Å². The first kappa shape index (κ1) is 19.5. The number of H-pyrrole nitrogens is 1. The summed E-state index contributed by atoms with van der Waals surface area (Å²) in [5.41, 5.74) is 1.82. The Morgan fingerprint density at radius 2 is 1.79 bits per heavy atom. The molecule has 2 aromatic carbocycles. The van der Waals surface area contributed by atoms with Gasteiger partial charge in [-0.25, -0.2) is 0 Å². The number of hydrogen-bond donors (Lipinski definition) is 3. The van der Waals surface area contributed by atoms with E-state index in [1.165, 1.54) is 0 Å². The van der Waals surface area contributed by atoms with Gasteiger partial charge in [-0.05, 0) is 29.2 Å². The predicted octanol–water partition coefficient (Wildman–Crippen LogP) is 3.71. The lowest BCUT2D eigenvalue weighted by Crippen LogP contribution is -2.17. The number of aromatic nitrogens is 2. The van der Waals surface area contributed by atoms with Gasteiger partial charge in [0.05, 0.1) is 12.2 Å². The fourth-order valence-electron chi connectivity index (χ4n) is 2.68. The largest absolute Gasteiger partial charge is 0.493 e. The number of ether oxygens (including phenoxy) is 1. The molecule has 0 aliphatic heterocycles. The average molecular weight is 379 g/mol. The number of rotatable bonds is 8. The van der Waals surface area contributed by atoms with Gasteiger partial charge in [0.2, 0.25) is 11.8 Å². The smallest absolute Gasteiger partial charge is 0.259 e. The fourth-order valence-corrected chi connectivity index (χ4v) is 2.68. The lowest BCUT2D eigenvalue weighted by molar-refractivity contribution is 0.271. The van der Waals surface area contributed by atoms with Crippen molar-refractivity contribution in [2.24, 2.45) is 5.92 Å². The van der Waals surface area contributed by atoms with Crippen LogP contribution in [0.1, 0.15) is 30.5 Å². The van der Waals surface area contributed by atoms with Crippen LogP contribution in [0.2, 0.25) is 0 Å². The summed E-state index contributed by atoms with van der Waals surface area (Å²) >= 11 is 0. The molecular weight excluding hydrogens is 354 g/mol. The van der Waals surface area contributed by atoms with E-state index in [4.69, 9.17) is 4.74 Å². The molecular formula is C22H25N3O3. The Morgan fingerprint density at radius 1 is 1.07 bits per heavy atom. The molecule has 0 fully saturated rings. The van der Waals surface area contributed by atoms with Crippen LogP contribution >= 0.6 is 0 Å². The topological polar surface area (TPSA) is 87.2 Å². The van der Waals surface area contributed by atoms with Crippen LogP contribution in [0, 0.1) is 5.92 Å². The molecule has 6 heteroatoms. The van der Waals surface area contributed by atoms with Crippen LogP contribution in [0.15, 0.2) is 59.4 Å². The molecule has 1 heterocycles. The minimum Gasteiger partial charge on any atom is -0.493 e. The number of aromatic amines is 1. The Morgan fingerprint density at radius 3 is 2.43 bits per heavy atom. The zero-order valence-corrected chi connectivity index (χ0v) is 16.1. The molecule has 0 unspecified atom stereocenters. The molecule has 146 valence electrons. The highest BCUT2D eigenvalue weighted by molar-refractivity contribution is 5.38. The fraction of sp³-hybridized carbons (Fsp3) is 0.273. The molecule has 0 aliphatic rings. The van der Waals surface area contributed by atoms with E-state index in [2.05, 4.69) is 29.1 Å². The van der Waals surface area contributed by atoms with Crippen molar-refractivity contribution in [2.75, 3.05) is 11.9 Å². The van der Waals surface area contributed by atoms with Gasteiger partial charge < -0.3 is 15.2 Å². The van der Waals surface area contributed by atoms with Gasteiger partial charge in [0.1, 0.15) is 5.75 Å². The quantitative estimate of drug-likeness (QED) is 0.555. The normalized spacial score (nSPS) is 10.8. The van der Waals surface area contributed by atoms with Crippen molar-refractivity contribution in [1.29, 1.82) is 0 Å². The van der Waals surface area contributed by atoms with Crippen molar-refractivity contribution in [3.05, 3.63) is 81.6 Å². The summed E-state index contributed by atoms with van der Waals surface area (Å²) in [5, 5.41) is 13.3. The van der Waals surface area contributed by atoms with Crippen molar-refractivity contribution in [3.63, 3.8) is 0 Å². The van der Waals surface area contributed by atoms with Gasteiger partial charge in [0.15, 0.2) is 0 Å². The van der Waals surface area contributed by atoms with Gasteiger partial charge >= 0.3 is 0 Å². The van der Waals surface area contributed by atoms with E-state index in [9.17, 15) is 9.90 Å². The lowest BCUT2D eigenvalue weighted by Gasteiger charge is -2.10. The highest BCUT2D eigenvalue weighted by Crippen LogP contribution is 2.19. The van der Waals surface area contributed by atoms with Crippen LogP contribution in [0.5, 0.6) is 11.6 Å². The first-order valence-corrected chi connectivity index (χ1v) is 9.33. The van der Waals surface area contributed by atoms with E-state index in [0.717, 1.165) is 16.9 Å². The van der Waals surface area contributed by atoms with Crippen LogP contribution in [0.3, 0.4) is 0 Å². The molecule has 3 rings (SSSR count). The third-order valence-corrected chi connectivity index (χ3v) is 4.18. The van der Waals surface area contributed by atoms with Crippen molar-refractivity contribution in [3.8, 4) is 11.6 Å². The molecule has 28 heavy (non-hydrogen) atoms. The number of anilines is 1. The second-order valence-corrected chi connectivity index (χ2v) is 7.08. The maximum absolute atomic E-state index is 12.4. The van der Waals surface area contributed by atoms with Gasteiger partial charge in [-0.1, -0.05) is 56.3 Å². The summed E-state index contributed by atoms with van der Waals surface area (Å²) in [5.74, 6) is 1.22. The SMILES string of the molecule is CC(C)COc1ccc(Cc2c(O)nc(NCc3ccccc3)[nH]c2=O)cc1. The minimum absolute atomic E-state index is 0.237. The van der Waals surface area contributed by atoms with Crippen molar-refractivity contribution < 1.29 is 9.84 Å². The molecule has 3 N–H and O–H groups in total. The first-order chi connectivity index (χ1) is 13.5. The van der Waals surface area contributed by atoms with Gasteiger partial charge in [-0.15, -0.1) is 0 Å². The maximum Gasteiger partial charge on any atom is 0.259 e. The lowest BCUT2D eigenvalue weighted by atomic mass is 10.1. The molecule has 0 amide bonds. The van der Waals surface area contributed by atoms with Crippen LogP contribution in [0.4, 0.5) is 5.95 Å². The molecule has 0 bridgehead atoms. The Bertz CT molecular complexity index is 951. The van der Waals surface area contributed by atoms with Crippen LogP contribution in [-0.4, -0.2) is 21.7 Å². The van der Waals surface area contributed by atoms with E-state index in [0.29, 0.717) is 19.1 Å². The molecule has 3 aromatic rings. The number of nitrogens with one attached hydrogen (secondary N) is 2. The third-order valence-electron chi connectivity index (χ3n) is 4.18. The minimum atomic E-state index is -0.358. The number of aromatic hydroxyl groups is 1. The summed E-state index contributed by atoms with van der Waals surface area (Å²) in [4.78, 5) is 19.2. The van der Waals surface area contributed by atoms with Gasteiger partial charge in [-0.3, -0.25) is 9.78 Å². The van der Waals surface area contributed by atoms with Gasteiger partial charge in [0.25, 0.3) is 5.56 Å². The van der Waals surface area contributed by atoms with E-state index < -0.39 is 0 Å². The highest BCUT2D eigenvalue weighted by Gasteiger charge is 2.12. The monoisotopic (exact) mass is 379 g/mol. The molecule has 0 saturated carbocycles. The molecule has 0 radical (unpaired) electrons. The predicted molar refractivity (Wildman–Crippen MR) is 110 cm³/mol. The summed E-state index contributed by atoms with van der Waals surface area (Å²) < 4.78 is 5.66. The first-order valence-electron chi connectivity index (χ1n) is 9.33. The van der Waals surface area contributed by atoms with E-state index in [1.54, 1.807) is 0 Å². The van der Waals surface area contributed by atoms with Crippen molar-refractivity contribution in [1.82, 2.24) is 9.97 Å². The average Bonchev–Trinajstić information content (AvgIpc) is 2.69. The van der Waals surface area contributed by atoms with Gasteiger partial charge in [-0.2, -0.15) is 4.98 Å². The summed E-state index contributed by atoms with van der Waals surface area (Å²) in [6, 6.07) is 17.2. The number of benzene rings is 2. The molecule has 0 aliphatic carbocycles. The Balaban J connectivity index is 1.66. The maximum atomic E-state index is 12.4. The van der Waals surface area contributed by atoms with E-state index >= 15 is 0 Å². The highest BCUT2D eigenvalue weighted by atomic mass is 16.5. The summed E-state index contributed by atoms with van der Waals surface area (Å²) in [6.07, 6.45) is 0.289. The standard InChI is InChI=1S/C22H25N3O3/c1-15(2)14-28-18-10-8-16(9-11-18)12-19-20(26)24-22(25-21(19)27)23-13-17-6-4-3-5-7-17/h3-11,15H,12-14H2,1-2H3,(H3,23,24,25,26,27). The number of nitrogens with zero attached hydrogens (tertiary/aromatic N) is 1. The zero-order valence-electron chi connectivity index (χ0n) is 16.1. The number of hydrogen-bond acceptors (Lipinski definition) is 5. The second kappa shape index (κ2) is 9.08. The summed E-state index contributed by atoms with van der Waals surface area (Å²) in [7, 11) is 0. The van der Waals surface area contributed by atoms with E-state index in [1.807, 2.05) is 54.6 Å². The summed E-state index contributed by atoms with van der Waals surface area (Å²) in [6.45, 7) is 5.34. The van der Waals surface area contributed by atoms with Crippen molar-refractivity contribution in [2.45, 2.75) is 26.8 Å². The molecule has 1 aromatic heterocycles. The van der Waals surface area contributed by atoms with Crippen LogP contribution in [0.25, 0.3) is 0 Å². The Hall–Kier alpha value is -3.28.